The topological polar surface area (TPSA) is 78.3 Å². The highest BCUT2D eigenvalue weighted by Crippen LogP contribution is 2.25. The van der Waals surface area contributed by atoms with Crippen molar-refractivity contribution in [1.82, 2.24) is 15.1 Å². The van der Waals surface area contributed by atoms with Gasteiger partial charge in [-0.25, -0.2) is 0 Å². The molecule has 0 radical (unpaired) electrons. The normalized spacial score (nSPS) is 16.0. The number of nitro groups is 1. The zero-order valence-electron chi connectivity index (χ0n) is 11.9. The number of halogens is 1. The zero-order chi connectivity index (χ0) is 15.5. The van der Waals surface area contributed by atoms with E-state index in [4.69, 9.17) is 11.6 Å². The second-order valence-electron chi connectivity index (χ2n) is 5.25. The number of benzene rings is 1. The number of aromatic amines is 1. The van der Waals surface area contributed by atoms with Gasteiger partial charge in [-0.05, 0) is 17.7 Å². The van der Waals surface area contributed by atoms with E-state index in [1.165, 1.54) is 11.8 Å². The Hall–Kier alpha value is -2.12. The molecule has 0 atom stereocenters. The van der Waals surface area contributed by atoms with E-state index in [1.54, 1.807) is 0 Å². The van der Waals surface area contributed by atoms with Crippen molar-refractivity contribution in [3.63, 3.8) is 0 Å². The quantitative estimate of drug-likeness (QED) is 0.690. The molecule has 0 saturated carbocycles. The van der Waals surface area contributed by atoms with Crippen LogP contribution in [0.15, 0.2) is 30.5 Å². The number of rotatable bonds is 4. The summed E-state index contributed by atoms with van der Waals surface area (Å²) in [5.74, 6) is 0.493. The van der Waals surface area contributed by atoms with Crippen LogP contribution in [0.2, 0.25) is 5.02 Å². The van der Waals surface area contributed by atoms with Crippen molar-refractivity contribution in [2.24, 2.45) is 0 Å². The molecule has 1 aromatic heterocycles. The smallest absolute Gasteiger partial charge is 0.330 e. The number of piperazine rings is 1. The third-order valence-corrected chi connectivity index (χ3v) is 4.02. The van der Waals surface area contributed by atoms with Crippen LogP contribution in [0.4, 0.5) is 11.5 Å². The van der Waals surface area contributed by atoms with Crippen molar-refractivity contribution in [3.05, 3.63) is 51.2 Å². The molecule has 0 unspecified atom stereocenters. The van der Waals surface area contributed by atoms with Crippen LogP contribution < -0.4 is 4.90 Å². The molecule has 2 heterocycles. The van der Waals surface area contributed by atoms with Gasteiger partial charge < -0.3 is 4.90 Å². The van der Waals surface area contributed by atoms with E-state index in [0.29, 0.717) is 5.82 Å². The van der Waals surface area contributed by atoms with E-state index in [-0.39, 0.29) is 5.69 Å². The second-order valence-corrected chi connectivity index (χ2v) is 5.69. The molecule has 1 aliphatic heterocycles. The van der Waals surface area contributed by atoms with Crippen LogP contribution in [-0.4, -0.2) is 46.2 Å². The molecule has 22 heavy (non-hydrogen) atoms. The minimum absolute atomic E-state index is 0.0308. The number of anilines is 1. The maximum atomic E-state index is 11.0. The Morgan fingerprint density at radius 2 is 2.09 bits per heavy atom. The summed E-state index contributed by atoms with van der Waals surface area (Å²) in [6, 6.07) is 7.83. The summed E-state index contributed by atoms with van der Waals surface area (Å²) >= 11 is 6.00. The Labute approximate surface area is 132 Å². The fraction of sp³-hybridized carbons (Fsp3) is 0.357. The maximum absolute atomic E-state index is 11.0. The maximum Gasteiger partial charge on any atom is 0.330 e. The highest BCUT2D eigenvalue weighted by Gasteiger charge is 2.25. The lowest BCUT2D eigenvalue weighted by Gasteiger charge is -2.34. The first kappa shape index (κ1) is 14.8. The first-order valence-corrected chi connectivity index (χ1v) is 7.41. The molecule has 8 heteroatoms. The predicted molar refractivity (Wildman–Crippen MR) is 84.2 cm³/mol. The van der Waals surface area contributed by atoms with Gasteiger partial charge in [0.2, 0.25) is 5.82 Å². The second kappa shape index (κ2) is 6.33. The molecule has 0 amide bonds. The van der Waals surface area contributed by atoms with Crippen LogP contribution in [0, 0.1) is 10.1 Å². The fourth-order valence-corrected chi connectivity index (χ4v) is 2.88. The minimum Gasteiger partial charge on any atom is -0.349 e. The van der Waals surface area contributed by atoms with Gasteiger partial charge in [0, 0.05) is 37.7 Å². The molecule has 0 aliphatic carbocycles. The van der Waals surface area contributed by atoms with E-state index < -0.39 is 4.92 Å². The number of nitrogens with zero attached hydrogens (tertiary/aromatic N) is 4. The fourth-order valence-electron chi connectivity index (χ4n) is 2.66. The van der Waals surface area contributed by atoms with Crippen molar-refractivity contribution < 1.29 is 4.92 Å². The number of nitrogens with one attached hydrogen (secondary N) is 1. The molecular weight excluding hydrogens is 306 g/mol. The van der Waals surface area contributed by atoms with Crippen molar-refractivity contribution in [2.45, 2.75) is 6.54 Å². The molecule has 2 aromatic rings. The molecule has 1 N–H and O–H groups in total. The highest BCUT2D eigenvalue weighted by molar-refractivity contribution is 6.30. The van der Waals surface area contributed by atoms with Gasteiger partial charge in [-0.2, -0.15) is 5.10 Å². The average Bonchev–Trinajstić information content (AvgIpc) is 2.98. The van der Waals surface area contributed by atoms with Crippen LogP contribution in [0.5, 0.6) is 0 Å². The third kappa shape index (κ3) is 3.20. The molecule has 3 rings (SSSR count). The van der Waals surface area contributed by atoms with Crippen molar-refractivity contribution in [1.29, 1.82) is 0 Å². The van der Waals surface area contributed by atoms with E-state index in [2.05, 4.69) is 21.2 Å². The summed E-state index contributed by atoms with van der Waals surface area (Å²) in [5.41, 5.74) is 1.21. The van der Waals surface area contributed by atoms with Crippen LogP contribution in [0.1, 0.15) is 5.56 Å². The monoisotopic (exact) mass is 321 g/mol. The summed E-state index contributed by atoms with van der Waals surface area (Å²) < 4.78 is 0. The van der Waals surface area contributed by atoms with E-state index in [9.17, 15) is 10.1 Å². The SMILES string of the molecule is O=[N+]([O-])c1cn[nH]c1N1CCN(Cc2cccc(Cl)c2)CC1. The van der Waals surface area contributed by atoms with Crippen LogP contribution in [0.3, 0.4) is 0 Å². The standard InChI is InChI=1S/C14H16ClN5O2/c15-12-3-1-2-11(8-12)10-18-4-6-19(7-5-18)14-13(20(21)22)9-16-17-14/h1-3,8-9H,4-7,10H2,(H,16,17). The average molecular weight is 322 g/mol. The van der Waals surface area contributed by atoms with Gasteiger partial charge >= 0.3 is 5.69 Å². The summed E-state index contributed by atoms with van der Waals surface area (Å²) in [6.07, 6.45) is 1.26. The van der Waals surface area contributed by atoms with Gasteiger partial charge in [0.05, 0.1) is 4.92 Å². The molecule has 1 saturated heterocycles. The lowest BCUT2D eigenvalue weighted by molar-refractivity contribution is -0.384. The molecular formula is C14H16ClN5O2. The predicted octanol–water partition coefficient (Wildman–Crippen LogP) is 2.29. The Kier molecular flexibility index (Phi) is 4.26. The Morgan fingerprint density at radius 1 is 1.32 bits per heavy atom. The Morgan fingerprint density at radius 3 is 2.77 bits per heavy atom. The van der Waals surface area contributed by atoms with Crippen LogP contribution in [0.25, 0.3) is 0 Å². The van der Waals surface area contributed by atoms with Gasteiger partial charge in [-0.3, -0.25) is 20.1 Å². The van der Waals surface area contributed by atoms with Gasteiger partial charge in [0.1, 0.15) is 6.20 Å². The molecule has 1 aromatic carbocycles. The van der Waals surface area contributed by atoms with Crippen molar-refractivity contribution in [3.8, 4) is 0 Å². The first-order chi connectivity index (χ1) is 10.6. The number of aromatic nitrogens is 2. The van der Waals surface area contributed by atoms with Gasteiger partial charge in [0.15, 0.2) is 0 Å². The van der Waals surface area contributed by atoms with E-state index in [1.807, 2.05) is 23.1 Å². The van der Waals surface area contributed by atoms with Gasteiger partial charge in [-0.1, -0.05) is 23.7 Å². The molecule has 1 fully saturated rings. The summed E-state index contributed by atoms with van der Waals surface area (Å²) in [6.45, 7) is 3.96. The lowest BCUT2D eigenvalue weighted by atomic mass is 10.2. The number of hydrogen-bond donors (Lipinski definition) is 1. The third-order valence-electron chi connectivity index (χ3n) is 3.78. The molecule has 7 nitrogen and oxygen atoms in total. The zero-order valence-corrected chi connectivity index (χ0v) is 12.7. The molecule has 0 bridgehead atoms. The Balaban J connectivity index is 1.60. The van der Waals surface area contributed by atoms with Crippen molar-refractivity contribution in [2.75, 3.05) is 31.1 Å². The molecule has 1 aliphatic rings. The minimum atomic E-state index is -0.406. The Bertz CT molecular complexity index is 667. The van der Waals surface area contributed by atoms with E-state index in [0.717, 1.165) is 37.7 Å². The highest BCUT2D eigenvalue weighted by atomic mass is 35.5. The van der Waals surface area contributed by atoms with E-state index >= 15 is 0 Å². The van der Waals surface area contributed by atoms with Gasteiger partial charge in [0.25, 0.3) is 0 Å². The largest absolute Gasteiger partial charge is 0.349 e. The molecule has 0 spiro atoms. The van der Waals surface area contributed by atoms with Gasteiger partial charge in [-0.15, -0.1) is 0 Å². The number of H-pyrrole nitrogens is 1. The van der Waals surface area contributed by atoms with Crippen LogP contribution in [-0.2, 0) is 6.54 Å². The molecule has 116 valence electrons. The van der Waals surface area contributed by atoms with Crippen LogP contribution >= 0.6 is 11.6 Å². The van der Waals surface area contributed by atoms with Crippen molar-refractivity contribution >= 4 is 23.1 Å². The lowest BCUT2D eigenvalue weighted by Crippen LogP contribution is -2.46. The summed E-state index contributed by atoms with van der Waals surface area (Å²) in [7, 11) is 0. The summed E-state index contributed by atoms with van der Waals surface area (Å²) in [4.78, 5) is 14.8. The summed E-state index contributed by atoms with van der Waals surface area (Å²) in [5, 5.41) is 18.2. The first-order valence-electron chi connectivity index (χ1n) is 7.03. The number of hydrogen-bond acceptors (Lipinski definition) is 5.